The Kier molecular flexibility index (Phi) is 19.5. The van der Waals surface area contributed by atoms with E-state index in [9.17, 15) is 0 Å². The van der Waals surface area contributed by atoms with Gasteiger partial charge in [-0.3, -0.25) is 0 Å². The van der Waals surface area contributed by atoms with Crippen molar-refractivity contribution in [1.29, 1.82) is 0 Å². The van der Waals surface area contributed by atoms with Gasteiger partial charge in [0.2, 0.25) is 0 Å². The van der Waals surface area contributed by atoms with Crippen molar-refractivity contribution in [2.24, 2.45) is 0 Å². The van der Waals surface area contributed by atoms with Crippen LogP contribution in [0.2, 0.25) is 0 Å². The van der Waals surface area contributed by atoms with Gasteiger partial charge in [-0.25, -0.2) is 9.59 Å². The summed E-state index contributed by atoms with van der Waals surface area (Å²) in [5.41, 5.74) is 5.27. The SMILES string of the molecule is COCCc1ccccc1OP(Oc1ccccc1CCOC)Oc1c(C(=O)Oc2ccccc2C)cc2ccccc2c1-c1c2c(cc3ccccc13)C(=O)Oc1cc(ccc1C)OCCc1ccccc1OP(Oc1ccccc1CCOC)O2. The fourth-order valence-electron chi connectivity index (χ4n) is 10.1. The highest BCUT2D eigenvalue weighted by Gasteiger charge is 2.36. The number of carbonyl (C=O) groups is 2. The number of benzene rings is 10. The lowest BCUT2D eigenvalue weighted by atomic mass is 9.88. The molecule has 0 radical (unpaired) electrons. The zero-order valence-electron chi connectivity index (χ0n) is 48.8. The van der Waals surface area contributed by atoms with E-state index in [1.165, 1.54) is 0 Å². The van der Waals surface area contributed by atoms with Crippen LogP contribution in [-0.4, -0.2) is 59.7 Å². The molecule has 1 unspecified atom stereocenters. The monoisotopic (exact) mass is 1200 g/mol. The Bertz CT molecular complexity index is 4020. The van der Waals surface area contributed by atoms with Crippen molar-refractivity contribution in [2.45, 2.75) is 39.5 Å². The second kappa shape index (κ2) is 28.5. The lowest BCUT2D eigenvalue weighted by Crippen LogP contribution is -2.15. The van der Waals surface area contributed by atoms with Gasteiger partial charge in [-0.15, -0.1) is 0 Å². The van der Waals surface area contributed by atoms with E-state index in [0.29, 0.717) is 118 Å². The minimum Gasteiger partial charge on any atom is -0.493 e. The minimum atomic E-state index is -2.62. The number of ether oxygens (including phenoxy) is 6. The Hall–Kier alpha value is -9.00. The Morgan fingerprint density at radius 2 is 1.08 bits per heavy atom. The molecular formula is C71H64O14P2. The molecule has 14 nitrogen and oxygen atoms in total. The number of esters is 2. The molecule has 0 saturated carbocycles. The zero-order chi connectivity index (χ0) is 60.1. The maximum atomic E-state index is 15.7. The summed E-state index contributed by atoms with van der Waals surface area (Å²) in [6, 6.07) is 61.6. The van der Waals surface area contributed by atoms with Crippen LogP contribution in [0.3, 0.4) is 0 Å². The van der Waals surface area contributed by atoms with Crippen molar-refractivity contribution in [3.05, 3.63) is 245 Å². The van der Waals surface area contributed by atoms with Gasteiger partial charge in [0.05, 0.1) is 26.4 Å². The minimum absolute atomic E-state index is 0.00315. The molecule has 11 rings (SSSR count). The van der Waals surface area contributed by atoms with Gasteiger partial charge in [0, 0.05) is 44.9 Å². The maximum absolute atomic E-state index is 15.7. The molecule has 1 aliphatic rings. The normalized spacial score (nSPS) is 13.2. The number of para-hydroxylation sites is 5. The summed E-state index contributed by atoms with van der Waals surface area (Å²) in [5.74, 6) is 1.36. The average molecular weight is 1200 g/mol. The summed E-state index contributed by atoms with van der Waals surface area (Å²) in [4.78, 5) is 31.4. The van der Waals surface area contributed by atoms with Gasteiger partial charge in [-0.2, -0.15) is 0 Å². The molecule has 10 aromatic carbocycles. The molecule has 1 atom stereocenters. The third kappa shape index (κ3) is 14.1. The van der Waals surface area contributed by atoms with Crippen molar-refractivity contribution in [3.8, 4) is 62.9 Å². The van der Waals surface area contributed by atoms with Crippen molar-refractivity contribution >= 4 is 50.7 Å². The molecule has 16 heteroatoms. The number of methoxy groups -OCH3 is 3. The van der Waals surface area contributed by atoms with Gasteiger partial charge in [0.25, 0.3) is 0 Å². The predicted octanol–water partition coefficient (Wildman–Crippen LogP) is 16.7. The number of hydrogen-bond acceptors (Lipinski definition) is 14. The van der Waals surface area contributed by atoms with Gasteiger partial charge < -0.3 is 55.6 Å². The standard InChI is InChI=1S/C71H64O14P2/c1-47-20-6-15-29-60(47)78-70(72)58-44-53-25-7-13-27-56(53)66(68(58)84-86(80-61-30-16-9-21-49(61)36-40-74-3)81-62-31-17-10-22-50(62)37-41-75-4)67-57-28-14-8-26-54(57)45-59-69(67)85-87(82-63-32-18-11-23-51(63)38-42-76-5)83-64-33-19-12-24-52(64)39-43-77-55-35-34-48(2)65(46-55)79-71(59)73/h6-35,44-46H,36-43H2,1-5H3. The van der Waals surface area contributed by atoms with Gasteiger partial charge in [-0.05, 0) is 137 Å². The highest BCUT2D eigenvalue weighted by molar-refractivity contribution is 7.43. The molecule has 10 aromatic rings. The van der Waals surface area contributed by atoms with Crippen LogP contribution in [-0.2, 0) is 39.9 Å². The van der Waals surface area contributed by atoms with Crippen molar-refractivity contribution < 1.29 is 65.2 Å². The number of aryl methyl sites for hydroxylation is 2. The van der Waals surface area contributed by atoms with E-state index >= 15 is 9.59 Å². The summed E-state index contributed by atoms with van der Waals surface area (Å²) in [7, 11) is -0.292. The fourth-order valence-corrected chi connectivity index (χ4v) is 12.4. The highest BCUT2D eigenvalue weighted by Crippen LogP contribution is 2.56. The lowest BCUT2D eigenvalue weighted by molar-refractivity contribution is 0.0721. The van der Waals surface area contributed by atoms with Crippen LogP contribution < -0.4 is 41.4 Å². The second-order valence-electron chi connectivity index (χ2n) is 20.4. The fraction of sp³-hybridized carbons (Fsp3) is 0.183. The van der Waals surface area contributed by atoms with E-state index in [-0.39, 0.29) is 35.0 Å². The highest BCUT2D eigenvalue weighted by atomic mass is 31.2. The first-order valence-corrected chi connectivity index (χ1v) is 30.7. The van der Waals surface area contributed by atoms with Gasteiger partial charge in [0.15, 0.2) is 11.5 Å². The molecule has 2 bridgehead atoms. The largest absolute Gasteiger partial charge is 0.530 e. The molecular weight excluding hydrogens is 1140 g/mol. The van der Waals surface area contributed by atoms with Gasteiger partial charge in [-0.1, -0.05) is 146 Å². The third-order valence-corrected chi connectivity index (χ3v) is 16.7. The Balaban J connectivity index is 1.22. The molecule has 0 spiro atoms. The average Bonchev–Trinajstić information content (AvgIpc) is 1.34. The summed E-state index contributed by atoms with van der Waals surface area (Å²) in [5, 5.41) is 2.40. The summed E-state index contributed by atoms with van der Waals surface area (Å²) in [6.45, 7) is 5.18. The van der Waals surface area contributed by atoms with Crippen LogP contribution in [0.1, 0.15) is 54.1 Å². The van der Waals surface area contributed by atoms with Crippen molar-refractivity contribution in [2.75, 3.05) is 47.8 Å². The van der Waals surface area contributed by atoms with E-state index in [0.717, 1.165) is 27.8 Å². The Labute approximate surface area is 508 Å². The second-order valence-corrected chi connectivity index (χ2v) is 22.4. The number of carbonyl (C=O) groups excluding carboxylic acids is 2. The van der Waals surface area contributed by atoms with Crippen LogP contribution in [0.4, 0.5) is 0 Å². The van der Waals surface area contributed by atoms with Gasteiger partial charge >= 0.3 is 29.1 Å². The molecule has 442 valence electrons. The maximum Gasteiger partial charge on any atom is 0.530 e. The Morgan fingerprint density at radius 3 is 1.74 bits per heavy atom. The van der Waals surface area contributed by atoms with Crippen molar-refractivity contribution in [3.63, 3.8) is 0 Å². The lowest BCUT2D eigenvalue weighted by Gasteiger charge is -2.27. The van der Waals surface area contributed by atoms with Crippen LogP contribution >= 0.6 is 17.2 Å². The molecule has 0 amide bonds. The molecule has 1 aliphatic heterocycles. The van der Waals surface area contributed by atoms with E-state index in [4.69, 9.17) is 55.6 Å². The molecule has 0 saturated heterocycles. The Morgan fingerprint density at radius 1 is 0.529 bits per heavy atom. The van der Waals surface area contributed by atoms with E-state index in [2.05, 4.69) is 0 Å². The first kappa shape index (κ1) is 59.7. The number of rotatable bonds is 20. The summed E-state index contributed by atoms with van der Waals surface area (Å²) >= 11 is 0. The number of hydrogen-bond donors (Lipinski definition) is 0. The quantitative estimate of drug-likeness (QED) is 0.0405. The van der Waals surface area contributed by atoms with Crippen LogP contribution in [0, 0.1) is 13.8 Å². The first-order chi connectivity index (χ1) is 42.7. The first-order valence-electron chi connectivity index (χ1n) is 28.5. The third-order valence-electron chi connectivity index (χ3n) is 14.6. The molecule has 0 aliphatic carbocycles. The molecule has 1 heterocycles. The zero-order valence-corrected chi connectivity index (χ0v) is 50.6. The molecule has 0 aromatic heterocycles. The summed E-state index contributed by atoms with van der Waals surface area (Å²) in [6.07, 6.45) is 1.92. The van der Waals surface area contributed by atoms with E-state index in [1.54, 1.807) is 51.7 Å². The van der Waals surface area contributed by atoms with Crippen molar-refractivity contribution in [1.82, 2.24) is 0 Å². The smallest absolute Gasteiger partial charge is 0.493 e. The van der Waals surface area contributed by atoms with Crippen LogP contribution in [0.25, 0.3) is 32.7 Å². The van der Waals surface area contributed by atoms with Crippen LogP contribution in [0.5, 0.6) is 51.7 Å². The van der Waals surface area contributed by atoms with E-state index in [1.807, 2.05) is 184 Å². The summed E-state index contributed by atoms with van der Waals surface area (Å²) < 4.78 is 79.0. The molecule has 87 heavy (non-hydrogen) atoms. The van der Waals surface area contributed by atoms with Crippen LogP contribution in [0.15, 0.2) is 200 Å². The molecule has 0 N–H and O–H groups in total. The molecule has 0 fully saturated rings. The topological polar surface area (TPSA) is 145 Å². The van der Waals surface area contributed by atoms with Gasteiger partial charge in [0.1, 0.15) is 51.4 Å². The number of fused-ring (bicyclic) bond motifs is 6. The predicted molar refractivity (Wildman–Crippen MR) is 338 cm³/mol. The van der Waals surface area contributed by atoms with E-state index < -0.39 is 29.1 Å².